The largest absolute Gasteiger partial charge is 0.460 e. The van der Waals surface area contributed by atoms with Crippen molar-refractivity contribution in [1.82, 2.24) is 4.31 Å². The van der Waals surface area contributed by atoms with Crippen molar-refractivity contribution in [2.75, 3.05) is 64.1 Å². The van der Waals surface area contributed by atoms with E-state index in [1.807, 2.05) is 6.92 Å². The lowest BCUT2D eigenvalue weighted by atomic mass is 10.1. The summed E-state index contributed by atoms with van der Waals surface area (Å²) in [4.78, 5) is 15.0. The summed E-state index contributed by atoms with van der Waals surface area (Å²) in [7, 11) is -3.69. The first-order valence-electron chi connectivity index (χ1n) is 10.3. The van der Waals surface area contributed by atoms with Crippen molar-refractivity contribution in [3.63, 3.8) is 0 Å². The fourth-order valence-electron chi connectivity index (χ4n) is 3.60. The van der Waals surface area contributed by atoms with E-state index in [4.69, 9.17) is 14.2 Å². The molecule has 0 aliphatic carbocycles. The zero-order valence-corrected chi connectivity index (χ0v) is 17.8. The second-order valence-corrected chi connectivity index (χ2v) is 9.01. The van der Waals surface area contributed by atoms with Crippen LogP contribution < -0.4 is 4.90 Å². The molecule has 1 aromatic carbocycles. The Morgan fingerprint density at radius 1 is 1.07 bits per heavy atom. The van der Waals surface area contributed by atoms with Crippen LogP contribution in [0.15, 0.2) is 23.1 Å². The van der Waals surface area contributed by atoms with E-state index in [1.165, 1.54) is 10.4 Å². The van der Waals surface area contributed by atoms with Crippen molar-refractivity contribution >= 4 is 21.7 Å². The molecule has 9 heteroatoms. The van der Waals surface area contributed by atoms with Gasteiger partial charge in [0.15, 0.2) is 0 Å². The zero-order chi connectivity index (χ0) is 20.7. The number of sulfonamides is 1. The second-order valence-electron chi connectivity index (χ2n) is 7.08. The number of morpholine rings is 1. The van der Waals surface area contributed by atoms with E-state index in [0.29, 0.717) is 39.5 Å². The molecule has 2 heterocycles. The highest BCUT2D eigenvalue weighted by Gasteiger charge is 2.29. The molecular formula is C20H30N2O6S. The maximum atomic E-state index is 13.0. The molecule has 29 heavy (non-hydrogen) atoms. The Morgan fingerprint density at radius 3 is 2.48 bits per heavy atom. The molecule has 3 rings (SSSR count). The maximum Gasteiger partial charge on any atom is 0.340 e. The monoisotopic (exact) mass is 426 g/mol. The standard InChI is InChI=1S/C20H30N2O6S/c1-2-26-14-15-28-20(23)18-16-17(29(24,25)22-10-12-27-13-11-22)6-7-19(18)21-8-4-3-5-9-21/h6-7,16H,2-5,8-15H2,1H3. The molecule has 0 amide bonds. The fourth-order valence-corrected chi connectivity index (χ4v) is 5.04. The first kappa shape index (κ1) is 22.0. The molecule has 1 aromatic rings. The van der Waals surface area contributed by atoms with Crippen LogP contribution in [0, 0.1) is 0 Å². The van der Waals surface area contributed by atoms with Gasteiger partial charge in [0.1, 0.15) is 6.61 Å². The van der Waals surface area contributed by atoms with Gasteiger partial charge < -0.3 is 19.1 Å². The smallest absolute Gasteiger partial charge is 0.340 e. The van der Waals surface area contributed by atoms with E-state index < -0.39 is 16.0 Å². The molecule has 8 nitrogen and oxygen atoms in total. The summed E-state index contributed by atoms with van der Waals surface area (Å²) >= 11 is 0. The lowest BCUT2D eigenvalue weighted by molar-refractivity contribution is 0.0335. The number of esters is 1. The van der Waals surface area contributed by atoms with E-state index in [-0.39, 0.29) is 17.1 Å². The number of carbonyl (C=O) groups is 1. The highest BCUT2D eigenvalue weighted by atomic mass is 32.2. The number of hydrogen-bond donors (Lipinski definition) is 0. The molecule has 0 unspecified atom stereocenters. The van der Waals surface area contributed by atoms with Gasteiger partial charge in [-0.25, -0.2) is 13.2 Å². The number of rotatable bonds is 8. The molecule has 2 aliphatic rings. The van der Waals surface area contributed by atoms with Crippen LogP contribution in [0.5, 0.6) is 0 Å². The van der Waals surface area contributed by atoms with E-state index in [9.17, 15) is 13.2 Å². The van der Waals surface area contributed by atoms with Crippen LogP contribution in [-0.2, 0) is 24.2 Å². The van der Waals surface area contributed by atoms with Crippen molar-refractivity contribution < 1.29 is 27.4 Å². The normalized spacial score (nSPS) is 18.6. The van der Waals surface area contributed by atoms with Crippen molar-refractivity contribution in [3.8, 4) is 0 Å². The van der Waals surface area contributed by atoms with Gasteiger partial charge in [-0.15, -0.1) is 0 Å². The summed E-state index contributed by atoms with van der Waals surface area (Å²) < 4.78 is 43.3. The minimum absolute atomic E-state index is 0.108. The number of benzene rings is 1. The molecule has 162 valence electrons. The van der Waals surface area contributed by atoms with Gasteiger partial charge in [0, 0.05) is 32.8 Å². The molecule has 2 aliphatic heterocycles. The molecular weight excluding hydrogens is 396 g/mol. The highest BCUT2D eigenvalue weighted by molar-refractivity contribution is 7.89. The number of carbonyl (C=O) groups excluding carboxylic acids is 1. The molecule has 2 saturated heterocycles. The Labute approximate surface area is 172 Å². The number of piperidine rings is 1. The molecule has 2 fully saturated rings. The van der Waals surface area contributed by atoms with Gasteiger partial charge in [0.25, 0.3) is 0 Å². The minimum Gasteiger partial charge on any atom is -0.460 e. The number of anilines is 1. The van der Waals surface area contributed by atoms with Gasteiger partial charge in [-0.1, -0.05) is 0 Å². The van der Waals surface area contributed by atoms with Gasteiger partial charge in [-0.3, -0.25) is 0 Å². The lowest BCUT2D eigenvalue weighted by Crippen LogP contribution is -2.40. The van der Waals surface area contributed by atoms with Crippen LogP contribution >= 0.6 is 0 Å². The molecule has 0 bridgehead atoms. The Balaban J connectivity index is 1.88. The average Bonchev–Trinajstić information content (AvgIpc) is 2.77. The Morgan fingerprint density at radius 2 is 1.79 bits per heavy atom. The number of nitrogens with zero attached hydrogens (tertiary/aromatic N) is 2. The Hall–Kier alpha value is -1.68. The third-order valence-electron chi connectivity index (χ3n) is 5.16. The van der Waals surface area contributed by atoms with E-state index in [2.05, 4.69) is 4.90 Å². The third kappa shape index (κ3) is 5.48. The van der Waals surface area contributed by atoms with Gasteiger partial charge >= 0.3 is 5.97 Å². The lowest BCUT2D eigenvalue weighted by Gasteiger charge is -2.31. The van der Waals surface area contributed by atoms with Gasteiger partial charge in [-0.2, -0.15) is 4.31 Å². The van der Waals surface area contributed by atoms with Crippen molar-refractivity contribution in [2.45, 2.75) is 31.1 Å². The third-order valence-corrected chi connectivity index (χ3v) is 7.05. The number of hydrogen-bond acceptors (Lipinski definition) is 7. The van der Waals surface area contributed by atoms with Gasteiger partial charge in [-0.05, 0) is 44.4 Å². The van der Waals surface area contributed by atoms with Crippen LogP contribution in [-0.4, -0.2) is 77.9 Å². The topological polar surface area (TPSA) is 85.4 Å². The fraction of sp³-hybridized carbons (Fsp3) is 0.650. The van der Waals surface area contributed by atoms with Crippen LogP contribution in [0.2, 0.25) is 0 Å². The minimum atomic E-state index is -3.69. The molecule has 0 radical (unpaired) electrons. The van der Waals surface area contributed by atoms with Crippen LogP contribution in [0.3, 0.4) is 0 Å². The van der Waals surface area contributed by atoms with E-state index >= 15 is 0 Å². The first-order chi connectivity index (χ1) is 14.0. The Bertz CT molecular complexity index is 786. The first-order valence-corrected chi connectivity index (χ1v) is 11.7. The summed E-state index contributed by atoms with van der Waals surface area (Å²) in [6.45, 7) is 5.91. The van der Waals surface area contributed by atoms with E-state index in [1.54, 1.807) is 12.1 Å². The van der Waals surface area contributed by atoms with E-state index in [0.717, 1.165) is 38.0 Å². The summed E-state index contributed by atoms with van der Waals surface area (Å²) in [6.07, 6.45) is 3.26. The molecule has 0 atom stereocenters. The highest BCUT2D eigenvalue weighted by Crippen LogP contribution is 2.29. The average molecular weight is 427 g/mol. The summed E-state index contributed by atoms with van der Waals surface area (Å²) in [5.74, 6) is -0.524. The molecule has 0 N–H and O–H groups in total. The summed E-state index contributed by atoms with van der Waals surface area (Å²) in [5.41, 5.74) is 1.02. The second kappa shape index (κ2) is 10.4. The molecule has 0 saturated carbocycles. The van der Waals surface area contributed by atoms with Crippen LogP contribution in [0.25, 0.3) is 0 Å². The SMILES string of the molecule is CCOCCOC(=O)c1cc(S(=O)(=O)N2CCOCC2)ccc1N1CCCCC1. The molecule has 0 aromatic heterocycles. The van der Waals surface area contributed by atoms with Crippen molar-refractivity contribution in [1.29, 1.82) is 0 Å². The van der Waals surface area contributed by atoms with Gasteiger partial charge in [0.2, 0.25) is 10.0 Å². The maximum absolute atomic E-state index is 13.0. The quantitative estimate of drug-likeness (QED) is 0.463. The molecule has 0 spiro atoms. The predicted molar refractivity (Wildman–Crippen MR) is 109 cm³/mol. The van der Waals surface area contributed by atoms with Gasteiger partial charge in [0.05, 0.1) is 36.0 Å². The number of ether oxygens (including phenoxy) is 3. The van der Waals surface area contributed by atoms with Crippen molar-refractivity contribution in [2.24, 2.45) is 0 Å². The Kier molecular flexibility index (Phi) is 7.88. The van der Waals surface area contributed by atoms with Crippen molar-refractivity contribution in [3.05, 3.63) is 23.8 Å². The van der Waals surface area contributed by atoms with Crippen LogP contribution in [0.1, 0.15) is 36.5 Å². The predicted octanol–water partition coefficient (Wildman–Crippen LogP) is 1.89. The summed E-state index contributed by atoms with van der Waals surface area (Å²) in [5, 5.41) is 0. The summed E-state index contributed by atoms with van der Waals surface area (Å²) in [6, 6.07) is 4.78. The zero-order valence-electron chi connectivity index (χ0n) is 17.0. The van der Waals surface area contributed by atoms with Crippen LogP contribution in [0.4, 0.5) is 5.69 Å².